The summed E-state index contributed by atoms with van der Waals surface area (Å²) in [6.07, 6.45) is 0.863. The molecule has 1 heterocycles. The lowest BCUT2D eigenvalue weighted by atomic mass is 9.97. The van der Waals surface area contributed by atoms with Gasteiger partial charge in [-0.2, -0.15) is 0 Å². The highest BCUT2D eigenvalue weighted by Gasteiger charge is 2.36. The number of amides is 3. The van der Waals surface area contributed by atoms with Gasteiger partial charge >= 0.3 is 6.09 Å². The molecule has 1 saturated heterocycles. The van der Waals surface area contributed by atoms with E-state index in [1.165, 1.54) is 4.90 Å². The van der Waals surface area contributed by atoms with Crippen LogP contribution in [0.2, 0.25) is 0 Å². The Labute approximate surface area is 147 Å². The number of hydrogen-bond acceptors (Lipinski definition) is 4. The van der Waals surface area contributed by atoms with Crippen molar-refractivity contribution in [3.05, 3.63) is 35.9 Å². The summed E-state index contributed by atoms with van der Waals surface area (Å²) in [4.78, 5) is 37.7. The van der Waals surface area contributed by atoms with E-state index < -0.39 is 24.1 Å². The summed E-state index contributed by atoms with van der Waals surface area (Å²) >= 11 is 0. The van der Waals surface area contributed by atoms with E-state index in [9.17, 15) is 14.4 Å². The van der Waals surface area contributed by atoms with E-state index in [1.54, 1.807) is 6.92 Å². The molecule has 1 aliphatic heterocycles. The third-order valence-electron chi connectivity index (χ3n) is 4.54. The highest BCUT2D eigenvalue weighted by molar-refractivity contribution is 5.91. The van der Waals surface area contributed by atoms with E-state index in [0.29, 0.717) is 6.54 Å². The fraction of sp³-hybridized carbons (Fsp3) is 0.500. The van der Waals surface area contributed by atoms with Crippen LogP contribution in [0, 0.1) is 5.92 Å². The van der Waals surface area contributed by atoms with E-state index in [1.807, 2.05) is 37.3 Å². The first-order chi connectivity index (χ1) is 11.9. The number of likely N-dealkylation sites (tertiary alicyclic amines) is 1. The SMILES string of the molecule is C[C@@H]1CCCN([C@@H](C)C(N)=O)C(=O)[C@H]1NC(=O)OCc1ccccc1. The number of primary amides is 1. The molecule has 0 spiro atoms. The molecule has 1 fully saturated rings. The van der Waals surface area contributed by atoms with Crippen molar-refractivity contribution in [1.29, 1.82) is 0 Å². The van der Waals surface area contributed by atoms with E-state index in [2.05, 4.69) is 5.32 Å². The zero-order valence-electron chi connectivity index (χ0n) is 14.6. The second-order valence-electron chi connectivity index (χ2n) is 6.41. The lowest BCUT2D eigenvalue weighted by molar-refractivity contribution is -0.140. The fourth-order valence-electron chi connectivity index (χ4n) is 2.92. The van der Waals surface area contributed by atoms with Gasteiger partial charge in [0.1, 0.15) is 18.7 Å². The first-order valence-electron chi connectivity index (χ1n) is 8.47. The third-order valence-corrected chi connectivity index (χ3v) is 4.54. The lowest BCUT2D eigenvalue weighted by Crippen LogP contribution is -2.55. The molecule has 3 N–H and O–H groups in total. The van der Waals surface area contributed by atoms with Gasteiger partial charge in [-0.05, 0) is 31.2 Å². The minimum Gasteiger partial charge on any atom is -0.445 e. The predicted octanol–water partition coefficient (Wildman–Crippen LogP) is 1.41. The van der Waals surface area contributed by atoms with Crippen molar-refractivity contribution >= 4 is 17.9 Å². The van der Waals surface area contributed by atoms with Gasteiger partial charge in [0.15, 0.2) is 0 Å². The number of benzene rings is 1. The lowest BCUT2D eigenvalue weighted by Gasteiger charge is -2.29. The fourth-order valence-corrected chi connectivity index (χ4v) is 2.92. The molecule has 3 atom stereocenters. The van der Waals surface area contributed by atoms with Crippen molar-refractivity contribution in [3.8, 4) is 0 Å². The molecule has 0 aromatic heterocycles. The Morgan fingerprint density at radius 1 is 1.36 bits per heavy atom. The van der Waals surface area contributed by atoms with E-state index in [0.717, 1.165) is 18.4 Å². The second-order valence-corrected chi connectivity index (χ2v) is 6.41. The van der Waals surface area contributed by atoms with Gasteiger partial charge in [-0.3, -0.25) is 9.59 Å². The van der Waals surface area contributed by atoms with Crippen LogP contribution in [0.4, 0.5) is 4.79 Å². The molecule has 2 rings (SSSR count). The molecule has 0 unspecified atom stereocenters. The van der Waals surface area contributed by atoms with Crippen molar-refractivity contribution in [2.45, 2.75) is 45.4 Å². The number of ether oxygens (including phenoxy) is 1. The Hall–Kier alpha value is -2.57. The smallest absolute Gasteiger partial charge is 0.408 e. The molecule has 136 valence electrons. The number of hydrogen-bond donors (Lipinski definition) is 2. The Morgan fingerprint density at radius 2 is 2.04 bits per heavy atom. The number of nitrogens with zero attached hydrogens (tertiary/aromatic N) is 1. The largest absolute Gasteiger partial charge is 0.445 e. The number of rotatable bonds is 5. The predicted molar refractivity (Wildman–Crippen MR) is 92.3 cm³/mol. The molecule has 0 saturated carbocycles. The molecule has 3 amide bonds. The van der Waals surface area contributed by atoms with Crippen LogP contribution in [0.3, 0.4) is 0 Å². The number of alkyl carbamates (subject to hydrolysis) is 1. The molecule has 0 aliphatic carbocycles. The van der Waals surface area contributed by atoms with Gasteiger partial charge in [0.05, 0.1) is 0 Å². The van der Waals surface area contributed by atoms with E-state index in [4.69, 9.17) is 10.5 Å². The van der Waals surface area contributed by atoms with Gasteiger partial charge < -0.3 is 20.7 Å². The number of carbonyl (C=O) groups is 3. The second kappa shape index (κ2) is 8.50. The monoisotopic (exact) mass is 347 g/mol. The van der Waals surface area contributed by atoms with Crippen molar-refractivity contribution in [2.75, 3.05) is 6.54 Å². The van der Waals surface area contributed by atoms with Gasteiger partial charge in [-0.15, -0.1) is 0 Å². The summed E-state index contributed by atoms with van der Waals surface area (Å²) in [7, 11) is 0. The van der Waals surface area contributed by atoms with Crippen LogP contribution in [0.5, 0.6) is 0 Å². The molecule has 7 heteroatoms. The summed E-state index contributed by atoms with van der Waals surface area (Å²) in [5.74, 6) is -0.914. The normalized spacial score (nSPS) is 22.0. The molecular weight excluding hydrogens is 322 g/mol. The standard InChI is InChI=1S/C18H25N3O4/c1-12-7-6-10-21(13(2)16(19)22)17(23)15(12)20-18(24)25-11-14-8-4-3-5-9-14/h3-5,8-9,12-13,15H,6-7,10-11H2,1-2H3,(H2,19,22)(H,20,24)/t12-,13+,15+/m1/s1. The van der Waals surface area contributed by atoms with Gasteiger partial charge in [-0.1, -0.05) is 37.3 Å². The minimum absolute atomic E-state index is 0.0538. The maximum atomic E-state index is 12.8. The molecule has 1 aromatic rings. The number of nitrogens with one attached hydrogen (secondary N) is 1. The Kier molecular flexibility index (Phi) is 6.38. The van der Waals surface area contributed by atoms with Gasteiger partial charge in [-0.25, -0.2) is 4.79 Å². The van der Waals surface area contributed by atoms with E-state index in [-0.39, 0.29) is 18.4 Å². The molecule has 7 nitrogen and oxygen atoms in total. The summed E-state index contributed by atoms with van der Waals surface area (Å²) < 4.78 is 5.20. The summed E-state index contributed by atoms with van der Waals surface area (Å²) in [6, 6.07) is 7.86. The van der Waals surface area contributed by atoms with Crippen LogP contribution >= 0.6 is 0 Å². The first kappa shape index (κ1) is 18.8. The van der Waals surface area contributed by atoms with Crippen molar-refractivity contribution in [3.63, 3.8) is 0 Å². The van der Waals surface area contributed by atoms with Crippen LogP contribution < -0.4 is 11.1 Å². The van der Waals surface area contributed by atoms with Crippen molar-refractivity contribution in [2.24, 2.45) is 11.7 Å². The molecule has 1 aromatic carbocycles. The third kappa shape index (κ3) is 4.95. The summed E-state index contributed by atoms with van der Waals surface area (Å²) in [6.45, 7) is 4.08. The van der Waals surface area contributed by atoms with Crippen molar-refractivity contribution < 1.29 is 19.1 Å². The Morgan fingerprint density at radius 3 is 2.68 bits per heavy atom. The molecule has 0 radical (unpaired) electrons. The molecule has 1 aliphatic rings. The number of nitrogens with two attached hydrogens (primary N) is 1. The zero-order chi connectivity index (χ0) is 18.4. The quantitative estimate of drug-likeness (QED) is 0.841. The van der Waals surface area contributed by atoms with Gasteiger partial charge in [0.2, 0.25) is 11.8 Å². The molecular formula is C18H25N3O4. The average molecular weight is 347 g/mol. The topological polar surface area (TPSA) is 102 Å². The van der Waals surface area contributed by atoms with Crippen LogP contribution in [0.15, 0.2) is 30.3 Å². The summed E-state index contributed by atoms with van der Waals surface area (Å²) in [5.41, 5.74) is 6.19. The van der Waals surface area contributed by atoms with Crippen LogP contribution in [-0.2, 0) is 20.9 Å². The Balaban J connectivity index is 2.00. The maximum Gasteiger partial charge on any atom is 0.408 e. The van der Waals surface area contributed by atoms with Crippen LogP contribution in [-0.4, -0.2) is 41.4 Å². The molecule has 0 bridgehead atoms. The number of carbonyl (C=O) groups excluding carboxylic acids is 3. The summed E-state index contributed by atoms with van der Waals surface area (Å²) in [5, 5.41) is 2.65. The highest BCUT2D eigenvalue weighted by atomic mass is 16.5. The average Bonchev–Trinajstić information content (AvgIpc) is 2.73. The zero-order valence-corrected chi connectivity index (χ0v) is 14.6. The van der Waals surface area contributed by atoms with Gasteiger partial charge in [0.25, 0.3) is 0 Å². The molecule has 25 heavy (non-hydrogen) atoms. The minimum atomic E-state index is -0.729. The highest BCUT2D eigenvalue weighted by Crippen LogP contribution is 2.20. The van der Waals surface area contributed by atoms with Crippen molar-refractivity contribution in [1.82, 2.24) is 10.2 Å². The van der Waals surface area contributed by atoms with Gasteiger partial charge in [0, 0.05) is 6.54 Å². The van der Waals surface area contributed by atoms with Crippen LogP contribution in [0.25, 0.3) is 0 Å². The van der Waals surface area contributed by atoms with Crippen LogP contribution in [0.1, 0.15) is 32.3 Å². The first-order valence-corrected chi connectivity index (χ1v) is 8.47. The maximum absolute atomic E-state index is 12.8. The Bertz CT molecular complexity index is 620. The van der Waals surface area contributed by atoms with E-state index >= 15 is 0 Å².